The molecule has 0 radical (unpaired) electrons. The van der Waals surface area contributed by atoms with Gasteiger partial charge in [-0.1, -0.05) is 6.92 Å². The lowest BCUT2D eigenvalue weighted by Crippen LogP contribution is -2.09. The van der Waals surface area contributed by atoms with Gasteiger partial charge < -0.3 is 0 Å². The lowest BCUT2D eigenvalue weighted by molar-refractivity contribution is -0.125. The first-order valence-electron chi connectivity index (χ1n) is 2.61. The third-order valence-corrected chi connectivity index (χ3v) is 3.76. The monoisotopic (exact) mass is 182 g/mol. The number of carbonyl (C=O) groups is 1. The van der Waals surface area contributed by atoms with E-state index in [1.165, 1.54) is 0 Å². The highest BCUT2D eigenvalue weighted by atomic mass is 32.8. The molecule has 58 valence electrons. The predicted octanol–water partition coefficient (Wildman–Crippen LogP) is -0.275. The van der Waals surface area contributed by atoms with Gasteiger partial charge in [-0.2, -0.15) is 0 Å². The van der Waals surface area contributed by atoms with E-state index in [4.69, 9.17) is 5.26 Å². The largest absolute Gasteiger partial charge is 0.298 e. The summed E-state index contributed by atoms with van der Waals surface area (Å²) in [4.78, 5) is 10.6. The second-order valence-corrected chi connectivity index (χ2v) is 5.22. The van der Waals surface area contributed by atoms with Gasteiger partial charge >= 0.3 is 0 Å². The summed E-state index contributed by atoms with van der Waals surface area (Å²) in [6.45, 7) is 1.60. The number of rotatable bonds is 2. The average Bonchev–Trinajstić information content (AvgIpc) is 2.42. The Hall–Kier alpha value is -0.0400. The molecule has 1 aliphatic rings. The summed E-state index contributed by atoms with van der Waals surface area (Å²) in [7, 11) is -3.18. The zero-order valence-corrected chi connectivity index (χ0v) is 6.78. The van der Waals surface area contributed by atoms with E-state index < -0.39 is 14.0 Å². The molecule has 3 unspecified atom stereocenters. The highest BCUT2D eigenvalue weighted by Crippen LogP contribution is 2.32. The summed E-state index contributed by atoms with van der Waals surface area (Å²) in [5.41, 5.74) is 0. The minimum absolute atomic E-state index is 0.200. The van der Waals surface area contributed by atoms with Gasteiger partial charge in [-0.05, 0) is 0 Å². The minimum atomic E-state index is -3.18. The van der Waals surface area contributed by atoms with Gasteiger partial charge in [0.1, 0.15) is 5.25 Å². The van der Waals surface area contributed by atoms with Crippen LogP contribution in [-0.2, 0) is 29.1 Å². The van der Waals surface area contributed by atoms with Gasteiger partial charge in [0, 0.05) is 17.1 Å². The van der Waals surface area contributed by atoms with Crippen molar-refractivity contribution in [3.8, 4) is 0 Å². The van der Waals surface area contributed by atoms with Gasteiger partial charge in [-0.3, -0.25) is 4.79 Å². The van der Waals surface area contributed by atoms with Crippen LogP contribution in [0.5, 0.6) is 0 Å². The van der Waals surface area contributed by atoms with Crippen LogP contribution in [0.4, 0.5) is 0 Å². The number of hydrogen-bond donors (Lipinski definition) is 1. The maximum Gasteiger partial charge on any atom is 0.184 e. The summed E-state index contributed by atoms with van der Waals surface area (Å²) in [6.07, 6.45) is 0. The third-order valence-electron chi connectivity index (χ3n) is 1.49. The van der Waals surface area contributed by atoms with Crippen molar-refractivity contribution >= 4 is 25.7 Å². The number of hydrogen-bond acceptors (Lipinski definition) is 5. The summed E-state index contributed by atoms with van der Waals surface area (Å²) in [6, 6.07) is 0. The molecular weight excluding hydrogens is 176 g/mol. The van der Waals surface area contributed by atoms with Crippen molar-refractivity contribution in [3.05, 3.63) is 0 Å². The standard InChI is InChI=1S/C4H6O4S2/c1-2-3(5)4(2)10(7,9)8-6/h2,4,6H,1H3. The van der Waals surface area contributed by atoms with Crippen LogP contribution in [0.3, 0.4) is 0 Å². The quantitative estimate of drug-likeness (QED) is 0.470. The summed E-state index contributed by atoms with van der Waals surface area (Å²) in [5.74, 6) is -0.522. The second kappa shape index (κ2) is 2.23. The molecule has 0 heterocycles. The van der Waals surface area contributed by atoms with E-state index in [0.717, 1.165) is 0 Å². The van der Waals surface area contributed by atoms with Crippen molar-refractivity contribution < 1.29 is 18.6 Å². The zero-order chi connectivity index (χ0) is 7.94. The molecule has 1 aliphatic carbocycles. The first kappa shape index (κ1) is 8.06. The molecule has 1 rings (SSSR count). The predicted molar refractivity (Wildman–Crippen MR) is 37.2 cm³/mol. The lowest BCUT2D eigenvalue weighted by atomic mass is 10.5. The van der Waals surface area contributed by atoms with Gasteiger partial charge in [-0.25, -0.2) is 9.47 Å². The highest BCUT2D eigenvalue weighted by molar-refractivity contribution is 8.31. The number of Topliss-reactive ketones (excluding diaryl/α,β-unsaturated/α-hetero) is 1. The molecule has 0 aromatic heterocycles. The van der Waals surface area contributed by atoms with E-state index in [9.17, 15) is 9.00 Å². The maximum absolute atomic E-state index is 10.9. The smallest absolute Gasteiger partial charge is 0.184 e. The van der Waals surface area contributed by atoms with Gasteiger partial charge in [0.15, 0.2) is 14.6 Å². The summed E-state index contributed by atoms with van der Waals surface area (Å²) < 4.78 is 14.4. The molecule has 1 fully saturated rings. The maximum atomic E-state index is 10.9. The fourth-order valence-electron chi connectivity index (χ4n) is 0.772. The third kappa shape index (κ3) is 1.07. The average molecular weight is 182 g/mol. The molecule has 0 aromatic rings. The van der Waals surface area contributed by atoms with E-state index in [0.29, 0.717) is 0 Å². The van der Waals surface area contributed by atoms with Crippen molar-refractivity contribution in [3.63, 3.8) is 0 Å². The Kier molecular flexibility index (Phi) is 1.80. The SMILES string of the molecule is CC1C(=O)C1S(=O)(=S)OO. The Bertz CT molecular complexity index is 254. The molecule has 1 saturated carbocycles. The molecule has 10 heavy (non-hydrogen) atoms. The van der Waals surface area contributed by atoms with Crippen molar-refractivity contribution in [1.29, 1.82) is 0 Å². The number of carbonyl (C=O) groups excluding carboxylic acids is 1. The first-order chi connectivity index (χ1) is 4.50. The van der Waals surface area contributed by atoms with Crippen LogP contribution < -0.4 is 0 Å². The molecule has 1 N–H and O–H groups in total. The van der Waals surface area contributed by atoms with Gasteiger partial charge in [-0.15, -0.1) is 4.33 Å². The molecule has 3 atom stereocenters. The Balaban J connectivity index is 2.80. The molecule has 4 nitrogen and oxygen atoms in total. The van der Waals surface area contributed by atoms with Gasteiger partial charge in [0.2, 0.25) is 0 Å². The molecule has 0 saturated heterocycles. The molecule has 6 heteroatoms. The van der Waals surface area contributed by atoms with Crippen LogP contribution in [0.1, 0.15) is 6.92 Å². The van der Waals surface area contributed by atoms with Crippen LogP contribution >= 0.6 is 0 Å². The normalized spacial score (nSPS) is 37.2. The van der Waals surface area contributed by atoms with E-state index in [2.05, 4.69) is 15.5 Å². The summed E-state index contributed by atoms with van der Waals surface area (Å²) >= 11 is 4.32. The van der Waals surface area contributed by atoms with E-state index >= 15 is 0 Å². The van der Waals surface area contributed by atoms with Crippen LogP contribution in [0.2, 0.25) is 0 Å². The molecule has 0 amide bonds. The Morgan fingerprint density at radius 3 is 2.30 bits per heavy atom. The Morgan fingerprint density at radius 1 is 1.80 bits per heavy atom. The minimum Gasteiger partial charge on any atom is -0.298 e. The molecule has 0 aliphatic heterocycles. The van der Waals surface area contributed by atoms with Crippen LogP contribution in [0, 0.1) is 5.92 Å². The molecule has 0 aromatic carbocycles. The highest BCUT2D eigenvalue weighted by Gasteiger charge is 2.53. The molecule has 0 bridgehead atoms. The van der Waals surface area contributed by atoms with Crippen molar-refractivity contribution in [1.82, 2.24) is 0 Å². The first-order valence-corrected chi connectivity index (χ1v) is 5.08. The number of ketones is 1. The van der Waals surface area contributed by atoms with Crippen LogP contribution in [-0.4, -0.2) is 20.5 Å². The van der Waals surface area contributed by atoms with Crippen molar-refractivity contribution in [2.75, 3.05) is 0 Å². The topological polar surface area (TPSA) is 63.6 Å². The molecular formula is C4H6O4S2. The Labute approximate surface area is 63.0 Å². The van der Waals surface area contributed by atoms with Crippen LogP contribution in [0.15, 0.2) is 0 Å². The Morgan fingerprint density at radius 2 is 2.20 bits per heavy atom. The fourth-order valence-corrected chi connectivity index (χ4v) is 2.70. The lowest BCUT2D eigenvalue weighted by Gasteiger charge is -1.94. The van der Waals surface area contributed by atoms with E-state index in [1.807, 2.05) is 0 Å². The van der Waals surface area contributed by atoms with Gasteiger partial charge in [0.05, 0.1) is 0 Å². The van der Waals surface area contributed by atoms with Crippen molar-refractivity contribution in [2.45, 2.75) is 12.2 Å². The second-order valence-electron chi connectivity index (χ2n) is 2.18. The molecule has 0 spiro atoms. The van der Waals surface area contributed by atoms with E-state index in [-0.39, 0.29) is 11.7 Å². The fraction of sp³-hybridized carbons (Fsp3) is 0.750. The summed E-state index contributed by atoms with van der Waals surface area (Å²) in [5, 5.41) is 7.24. The van der Waals surface area contributed by atoms with Crippen molar-refractivity contribution in [2.24, 2.45) is 5.92 Å². The van der Waals surface area contributed by atoms with Gasteiger partial charge in [0.25, 0.3) is 0 Å². The zero-order valence-electron chi connectivity index (χ0n) is 5.14. The van der Waals surface area contributed by atoms with E-state index in [1.54, 1.807) is 6.92 Å². The van der Waals surface area contributed by atoms with Crippen LogP contribution in [0.25, 0.3) is 0 Å².